The van der Waals surface area contributed by atoms with Gasteiger partial charge < -0.3 is 9.47 Å². The van der Waals surface area contributed by atoms with Crippen LogP contribution in [0.25, 0.3) is 0 Å². The summed E-state index contributed by atoms with van der Waals surface area (Å²) >= 11 is 5.53. The Balaban J connectivity index is 2.93. The van der Waals surface area contributed by atoms with Crippen molar-refractivity contribution in [2.45, 2.75) is 6.42 Å². The zero-order valence-electron chi connectivity index (χ0n) is 8.84. The van der Waals surface area contributed by atoms with Crippen LogP contribution in [-0.4, -0.2) is 20.1 Å². The van der Waals surface area contributed by atoms with Gasteiger partial charge in [0.1, 0.15) is 11.5 Å². The predicted octanol–water partition coefficient (Wildman–Crippen LogP) is 2.68. The van der Waals surface area contributed by atoms with Crippen LogP contribution in [0.2, 0.25) is 0 Å². The van der Waals surface area contributed by atoms with Crippen LogP contribution >= 0.6 is 11.6 Å². The molecule has 0 atom stereocenters. The van der Waals surface area contributed by atoms with Crippen molar-refractivity contribution < 1.29 is 9.47 Å². The van der Waals surface area contributed by atoms with Crippen molar-refractivity contribution >= 4 is 11.6 Å². The van der Waals surface area contributed by atoms with E-state index in [2.05, 4.69) is 11.8 Å². The zero-order chi connectivity index (χ0) is 11.1. The third-order valence-corrected chi connectivity index (χ3v) is 1.99. The molecule has 0 fully saturated rings. The fraction of sp³-hybridized carbons (Fsp3) is 0.333. The van der Waals surface area contributed by atoms with Crippen molar-refractivity contribution in [1.82, 2.24) is 0 Å². The standard InChI is InChI=1S/C12H13ClO2/c1-14-11-7-10(5-3-4-6-13)8-12(9-11)15-2/h7-9H,4,6H2,1-2H3. The fourth-order valence-electron chi connectivity index (χ4n) is 1.09. The van der Waals surface area contributed by atoms with Gasteiger partial charge in [-0.2, -0.15) is 0 Å². The molecule has 3 heteroatoms. The molecular formula is C12H13ClO2. The van der Waals surface area contributed by atoms with Gasteiger partial charge in [0, 0.05) is 23.9 Å². The molecule has 0 bridgehead atoms. The summed E-state index contributed by atoms with van der Waals surface area (Å²) in [6.07, 6.45) is 0.682. The number of hydrogen-bond donors (Lipinski definition) is 0. The van der Waals surface area contributed by atoms with Crippen LogP contribution < -0.4 is 9.47 Å². The van der Waals surface area contributed by atoms with E-state index in [0.29, 0.717) is 12.3 Å². The van der Waals surface area contributed by atoms with E-state index in [1.165, 1.54) is 0 Å². The second kappa shape index (κ2) is 6.21. The summed E-state index contributed by atoms with van der Waals surface area (Å²) < 4.78 is 10.3. The van der Waals surface area contributed by atoms with Gasteiger partial charge >= 0.3 is 0 Å². The zero-order valence-corrected chi connectivity index (χ0v) is 9.60. The van der Waals surface area contributed by atoms with Gasteiger partial charge in [0.15, 0.2) is 0 Å². The average Bonchev–Trinajstić information content (AvgIpc) is 2.29. The summed E-state index contributed by atoms with van der Waals surface area (Å²) in [4.78, 5) is 0. The van der Waals surface area contributed by atoms with Crippen molar-refractivity contribution in [3.8, 4) is 23.3 Å². The van der Waals surface area contributed by atoms with Crippen LogP contribution in [0.15, 0.2) is 18.2 Å². The fourth-order valence-corrected chi connectivity index (χ4v) is 1.19. The Hall–Kier alpha value is -1.33. The summed E-state index contributed by atoms with van der Waals surface area (Å²) in [5.74, 6) is 7.99. The molecular weight excluding hydrogens is 212 g/mol. The lowest BCUT2D eigenvalue weighted by molar-refractivity contribution is 0.394. The Morgan fingerprint density at radius 3 is 2.20 bits per heavy atom. The first-order valence-electron chi connectivity index (χ1n) is 4.58. The van der Waals surface area contributed by atoms with Gasteiger partial charge in [0.25, 0.3) is 0 Å². The number of hydrogen-bond acceptors (Lipinski definition) is 2. The first kappa shape index (κ1) is 11.7. The molecule has 0 aliphatic heterocycles. The number of ether oxygens (including phenoxy) is 2. The maximum atomic E-state index is 5.53. The highest BCUT2D eigenvalue weighted by atomic mass is 35.5. The van der Waals surface area contributed by atoms with Crippen molar-refractivity contribution in [2.75, 3.05) is 20.1 Å². The minimum Gasteiger partial charge on any atom is -0.497 e. The lowest BCUT2D eigenvalue weighted by Crippen LogP contribution is -1.88. The lowest BCUT2D eigenvalue weighted by Gasteiger charge is -2.04. The van der Waals surface area contributed by atoms with Gasteiger partial charge in [-0.25, -0.2) is 0 Å². The summed E-state index contributed by atoms with van der Waals surface area (Å²) in [5, 5.41) is 0. The van der Waals surface area contributed by atoms with Gasteiger partial charge in [0.2, 0.25) is 0 Å². The molecule has 0 radical (unpaired) electrons. The summed E-state index contributed by atoms with van der Waals surface area (Å²) in [6, 6.07) is 5.54. The molecule has 2 nitrogen and oxygen atoms in total. The largest absolute Gasteiger partial charge is 0.497 e. The molecule has 1 rings (SSSR count). The topological polar surface area (TPSA) is 18.5 Å². The Labute approximate surface area is 95.2 Å². The number of alkyl halides is 1. The quantitative estimate of drug-likeness (QED) is 0.581. The average molecular weight is 225 g/mol. The van der Waals surface area contributed by atoms with Crippen molar-refractivity contribution in [2.24, 2.45) is 0 Å². The van der Waals surface area contributed by atoms with E-state index in [9.17, 15) is 0 Å². The second-order valence-electron chi connectivity index (χ2n) is 2.84. The highest BCUT2D eigenvalue weighted by Crippen LogP contribution is 2.21. The van der Waals surface area contributed by atoms with Crippen molar-refractivity contribution in [1.29, 1.82) is 0 Å². The van der Waals surface area contributed by atoms with Crippen LogP contribution in [0.5, 0.6) is 11.5 Å². The third kappa shape index (κ3) is 3.73. The van der Waals surface area contributed by atoms with E-state index in [-0.39, 0.29) is 0 Å². The molecule has 0 aromatic heterocycles. The summed E-state index contributed by atoms with van der Waals surface area (Å²) in [7, 11) is 3.23. The smallest absolute Gasteiger partial charge is 0.123 e. The van der Waals surface area contributed by atoms with E-state index in [1.54, 1.807) is 14.2 Å². The van der Waals surface area contributed by atoms with E-state index in [1.807, 2.05) is 18.2 Å². The Morgan fingerprint density at radius 2 is 1.73 bits per heavy atom. The molecule has 15 heavy (non-hydrogen) atoms. The molecule has 0 unspecified atom stereocenters. The number of benzene rings is 1. The van der Waals surface area contributed by atoms with Crippen LogP contribution in [0.1, 0.15) is 12.0 Å². The molecule has 0 saturated heterocycles. The maximum Gasteiger partial charge on any atom is 0.123 e. The minimum absolute atomic E-state index is 0.550. The molecule has 80 valence electrons. The molecule has 0 aliphatic carbocycles. The van der Waals surface area contributed by atoms with Crippen LogP contribution in [0.3, 0.4) is 0 Å². The van der Waals surface area contributed by atoms with E-state index >= 15 is 0 Å². The van der Waals surface area contributed by atoms with Gasteiger partial charge in [-0.1, -0.05) is 11.8 Å². The predicted molar refractivity (Wildman–Crippen MR) is 61.8 cm³/mol. The Morgan fingerprint density at radius 1 is 1.13 bits per heavy atom. The van der Waals surface area contributed by atoms with Gasteiger partial charge in [0.05, 0.1) is 14.2 Å². The molecule has 0 aliphatic rings. The highest BCUT2D eigenvalue weighted by Gasteiger charge is 1.98. The first-order chi connectivity index (χ1) is 7.30. The number of halogens is 1. The van der Waals surface area contributed by atoms with Gasteiger partial charge in [-0.15, -0.1) is 11.6 Å². The Bertz CT molecular complexity index is 355. The van der Waals surface area contributed by atoms with Crippen molar-refractivity contribution in [3.05, 3.63) is 23.8 Å². The second-order valence-corrected chi connectivity index (χ2v) is 3.22. The van der Waals surface area contributed by atoms with E-state index in [4.69, 9.17) is 21.1 Å². The molecule has 0 N–H and O–H groups in total. The molecule has 1 aromatic carbocycles. The van der Waals surface area contributed by atoms with Crippen molar-refractivity contribution in [3.63, 3.8) is 0 Å². The van der Waals surface area contributed by atoms with Gasteiger partial charge in [-0.05, 0) is 12.1 Å². The lowest BCUT2D eigenvalue weighted by atomic mass is 10.2. The normalized spacial score (nSPS) is 9.00. The Kier molecular flexibility index (Phi) is 4.86. The third-order valence-electron chi connectivity index (χ3n) is 1.80. The first-order valence-corrected chi connectivity index (χ1v) is 5.11. The van der Waals surface area contributed by atoms with Crippen LogP contribution in [-0.2, 0) is 0 Å². The SMILES string of the molecule is COc1cc(C#CCCCl)cc(OC)c1. The van der Waals surface area contributed by atoms with Crippen LogP contribution in [0.4, 0.5) is 0 Å². The van der Waals surface area contributed by atoms with E-state index in [0.717, 1.165) is 17.1 Å². The summed E-state index contributed by atoms with van der Waals surface area (Å²) in [6.45, 7) is 0. The monoisotopic (exact) mass is 224 g/mol. The van der Waals surface area contributed by atoms with E-state index < -0.39 is 0 Å². The molecule has 0 amide bonds. The highest BCUT2D eigenvalue weighted by molar-refractivity contribution is 6.18. The molecule has 0 spiro atoms. The molecule has 0 saturated carbocycles. The van der Waals surface area contributed by atoms with Crippen LogP contribution in [0, 0.1) is 11.8 Å². The number of methoxy groups -OCH3 is 2. The molecule has 0 heterocycles. The maximum absolute atomic E-state index is 5.53. The number of rotatable bonds is 3. The van der Waals surface area contributed by atoms with Gasteiger partial charge in [-0.3, -0.25) is 0 Å². The summed E-state index contributed by atoms with van der Waals surface area (Å²) in [5.41, 5.74) is 0.872. The molecule has 1 aromatic rings. The minimum atomic E-state index is 0.550.